The van der Waals surface area contributed by atoms with Gasteiger partial charge in [-0.1, -0.05) is 33.6 Å². The van der Waals surface area contributed by atoms with Crippen LogP contribution in [0.5, 0.6) is 5.75 Å². The Bertz CT molecular complexity index is 976. The second kappa shape index (κ2) is 10.3. The van der Waals surface area contributed by atoms with Crippen LogP contribution in [0.3, 0.4) is 0 Å². The smallest absolute Gasteiger partial charge is 0.235 e. The number of pyridine rings is 1. The molecule has 0 unspecified atom stereocenters. The average molecular weight is 428 g/mol. The number of carbonyl (C=O) groups is 1. The number of thiazole rings is 1. The van der Waals surface area contributed by atoms with E-state index in [2.05, 4.69) is 16.9 Å². The van der Waals surface area contributed by atoms with Crippen LogP contribution in [0.1, 0.15) is 40.0 Å². The number of benzene rings is 1. The van der Waals surface area contributed by atoms with E-state index in [9.17, 15) is 9.18 Å². The third kappa shape index (κ3) is 5.21. The molecule has 0 spiro atoms. The third-order valence-electron chi connectivity index (χ3n) is 4.53. The number of anilines is 2. The van der Waals surface area contributed by atoms with Crippen molar-refractivity contribution in [3.8, 4) is 17.0 Å². The lowest BCUT2D eigenvalue weighted by Crippen LogP contribution is -2.30. The van der Waals surface area contributed by atoms with Gasteiger partial charge in [0.2, 0.25) is 5.91 Å². The molecule has 1 aromatic carbocycles. The van der Waals surface area contributed by atoms with Crippen molar-refractivity contribution in [3.05, 3.63) is 53.9 Å². The maximum atomic E-state index is 14.7. The third-order valence-corrected chi connectivity index (χ3v) is 5.36. The van der Waals surface area contributed by atoms with Gasteiger partial charge < -0.3 is 4.74 Å². The summed E-state index contributed by atoms with van der Waals surface area (Å²) in [5.74, 6) is -0.724. The summed E-state index contributed by atoms with van der Waals surface area (Å²) < 4.78 is 20.2. The molecule has 0 aliphatic heterocycles. The Morgan fingerprint density at radius 2 is 2.10 bits per heavy atom. The Hall–Kier alpha value is -2.80. The summed E-state index contributed by atoms with van der Waals surface area (Å²) in [4.78, 5) is 23.2. The second-order valence-corrected chi connectivity index (χ2v) is 8.09. The fourth-order valence-electron chi connectivity index (χ4n) is 2.88. The van der Waals surface area contributed by atoms with Gasteiger partial charge in [-0.05, 0) is 30.7 Å². The molecule has 0 atom stereocenters. The molecule has 2 heterocycles. The molecule has 0 bridgehead atoms. The summed E-state index contributed by atoms with van der Waals surface area (Å²) in [6, 6.07) is 8.35. The zero-order valence-electron chi connectivity index (χ0n) is 17.5. The van der Waals surface area contributed by atoms with Crippen molar-refractivity contribution in [1.29, 1.82) is 0 Å². The van der Waals surface area contributed by atoms with Gasteiger partial charge in [0.1, 0.15) is 0 Å². The number of carbonyl (C=O) groups excluding carboxylic acids is 1. The summed E-state index contributed by atoms with van der Waals surface area (Å²) in [7, 11) is 0. The highest BCUT2D eigenvalue weighted by Crippen LogP contribution is 2.35. The molecule has 0 saturated carbocycles. The number of rotatable bonds is 9. The number of unbranched alkanes of at least 4 members (excludes halogenated alkanes) is 2. The van der Waals surface area contributed by atoms with Crippen LogP contribution in [-0.2, 0) is 4.79 Å². The Morgan fingerprint density at radius 3 is 2.77 bits per heavy atom. The van der Waals surface area contributed by atoms with E-state index in [1.54, 1.807) is 24.5 Å². The van der Waals surface area contributed by atoms with Crippen molar-refractivity contribution in [1.82, 2.24) is 9.97 Å². The first-order valence-corrected chi connectivity index (χ1v) is 11.0. The number of ether oxygens (including phenoxy) is 1. The minimum absolute atomic E-state index is 0.155. The van der Waals surface area contributed by atoms with Crippen LogP contribution in [0, 0.1) is 11.7 Å². The molecule has 0 N–H and O–H groups in total. The van der Waals surface area contributed by atoms with Crippen LogP contribution < -0.4 is 9.64 Å². The Kier molecular flexibility index (Phi) is 7.52. The molecule has 0 fully saturated rings. The lowest BCUT2D eigenvalue weighted by Gasteiger charge is -2.22. The quantitative estimate of drug-likeness (QED) is 0.380. The number of halogens is 1. The molecule has 3 aromatic rings. The van der Waals surface area contributed by atoms with Gasteiger partial charge in [-0.25, -0.2) is 9.37 Å². The number of nitrogens with zero attached hydrogens (tertiary/aromatic N) is 3. The van der Waals surface area contributed by atoms with Crippen LogP contribution in [0.15, 0.2) is 48.1 Å². The van der Waals surface area contributed by atoms with Crippen LogP contribution in [0.25, 0.3) is 11.3 Å². The fourth-order valence-corrected chi connectivity index (χ4v) is 3.74. The van der Waals surface area contributed by atoms with E-state index in [1.165, 1.54) is 22.3 Å². The molecule has 30 heavy (non-hydrogen) atoms. The van der Waals surface area contributed by atoms with Crippen molar-refractivity contribution in [2.75, 3.05) is 11.5 Å². The number of hydrogen-bond acceptors (Lipinski definition) is 5. The topological polar surface area (TPSA) is 55.3 Å². The number of aromatic nitrogens is 2. The highest BCUT2D eigenvalue weighted by Gasteiger charge is 2.25. The fraction of sp³-hybridized carbons (Fsp3) is 0.348. The Balaban J connectivity index is 1.89. The molecular weight excluding hydrogens is 401 g/mol. The molecule has 0 radical (unpaired) electrons. The normalized spacial score (nSPS) is 11.0. The second-order valence-electron chi connectivity index (χ2n) is 7.26. The van der Waals surface area contributed by atoms with Gasteiger partial charge in [0, 0.05) is 35.3 Å². The maximum Gasteiger partial charge on any atom is 0.235 e. The van der Waals surface area contributed by atoms with Crippen LogP contribution >= 0.6 is 11.3 Å². The minimum Gasteiger partial charge on any atom is -0.491 e. The molecule has 0 aliphatic rings. The molecule has 3 rings (SSSR count). The van der Waals surface area contributed by atoms with Crippen LogP contribution in [0.2, 0.25) is 0 Å². The molecule has 0 aliphatic carbocycles. The first-order valence-electron chi connectivity index (χ1n) is 10.1. The number of amides is 1. The molecule has 5 nitrogen and oxygen atoms in total. The summed E-state index contributed by atoms with van der Waals surface area (Å²) >= 11 is 1.33. The van der Waals surface area contributed by atoms with Crippen LogP contribution in [-0.4, -0.2) is 22.5 Å². The van der Waals surface area contributed by atoms with Gasteiger partial charge in [0.25, 0.3) is 0 Å². The molecule has 158 valence electrons. The molecule has 2 aromatic heterocycles. The Morgan fingerprint density at radius 1 is 1.27 bits per heavy atom. The van der Waals surface area contributed by atoms with E-state index >= 15 is 0 Å². The summed E-state index contributed by atoms with van der Waals surface area (Å²) in [5.41, 5.74) is 2.01. The van der Waals surface area contributed by atoms with Crippen molar-refractivity contribution in [3.63, 3.8) is 0 Å². The molecule has 7 heteroatoms. The van der Waals surface area contributed by atoms with E-state index in [-0.39, 0.29) is 17.6 Å². The largest absolute Gasteiger partial charge is 0.491 e. The lowest BCUT2D eigenvalue weighted by molar-refractivity contribution is -0.120. The molecule has 0 saturated heterocycles. The van der Waals surface area contributed by atoms with Crippen molar-refractivity contribution >= 4 is 28.1 Å². The zero-order valence-corrected chi connectivity index (χ0v) is 18.3. The predicted octanol–water partition coefficient (Wildman–Crippen LogP) is 6.23. The van der Waals surface area contributed by atoms with Crippen molar-refractivity contribution in [2.24, 2.45) is 5.92 Å². The highest BCUT2D eigenvalue weighted by atomic mass is 32.1. The lowest BCUT2D eigenvalue weighted by atomic mass is 10.1. The van der Waals surface area contributed by atoms with Gasteiger partial charge in [0.15, 0.2) is 16.7 Å². The van der Waals surface area contributed by atoms with E-state index in [4.69, 9.17) is 4.74 Å². The van der Waals surface area contributed by atoms with Gasteiger partial charge >= 0.3 is 0 Å². The maximum absolute atomic E-state index is 14.7. The molecule has 1 amide bonds. The van der Waals surface area contributed by atoms with Crippen LogP contribution in [0.4, 0.5) is 15.2 Å². The van der Waals surface area contributed by atoms with Crippen molar-refractivity contribution < 1.29 is 13.9 Å². The first-order chi connectivity index (χ1) is 14.5. The molecular formula is C23H26FN3O2S. The van der Waals surface area contributed by atoms with E-state index in [0.29, 0.717) is 17.4 Å². The monoisotopic (exact) mass is 427 g/mol. The Labute approximate surface area is 180 Å². The summed E-state index contributed by atoms with van der Waals surface area (Å²) in [5, 5.41) is 2.36. The minimum atomic E-state index is -0.491. The van der Waals surface area contributed by atoms with Gasteiger partial charge in [-0.2, -0.15) is 0 Å². The van der Waals surface area contributed by atoms with Gasteiger partial charge in [0.05, 0.1) is 18.0 Å². The first kappa shape index (κ1) is 21.9. The highest BCUT2D eigenvalue weighted by molar-refractivity contribution is 7.14. The van der Waals surface area contributed by atoms with E-state index in [0.717, 1.165) is 30.5 Å². The standard InChI is InChI=1S/C23H26FN3O2S/c1-4-5-6-12-29-21-10-9-18(13-19(21)24)27(22(28)16(2)3)23-26-20(15-30-23)17-8-7-11-25-14-17/h7-11,13-16H,4-6,12H2,1-3H3. The summed E-state index contributed by atoms with van der Waals surface area (Å²) in [6.07, 6.45) is 6.41. The van der Waals surface area contributed by atoms with Crippen molar-refractivity contribution in [2.45, 2.75) is 40.0 Å². The van der Waals surface area contributed by atoms with Gasteiger partial charge in [-0.15, -0.1) is 11.3 Å². The summed E-state index contributed by atoms with van der Waals surface area (Å²) in [6.45, 7) is 6.20. The van der Waals surface area contributed by atoms with E-state index in [1.807, 2.05) is 31.4 Å². The predicted molar refractivity (Wildman–Crippen MR) is 119 cm³/mol. The van der Waals surface area contributed by atoms with Gasteiger partial charge in [-0.3, -0.25) is 14.7 Å². The van der Waals surface area contributed by atoms with E-state index < -0.39 is 5.82 Å². The average Bonchev–Trinajstić information content (AvgIpc) is 3.23. The SMILES string of the molecule is CCCCCOc1ccc(N(C(=O)C(C)C)c2nc(-c3cccnc3)cs2)cc1F. The number of hydrogen-bond donors (Lipinski definition) is 0. The zero-order chi connectivity index (χ0) is 21.5.